The summed E-state index contributed by atoms with van der Waals surface area (Å²) < 4.78 is 26.4. The van der Waals surface area contributed by atoms with E-state index in [1.807, 2.05) is 12.1 Å². The van der Waals surface area contributed by atoms with Crippen LogP contribution in [0.3, 0.4) is 0 Å². The highest BCUT2D eigenvalue weighted by Gasteiger charge is 2.41. The summed E-state index contributed by atoms with van der Waals surface area (Å²) in [4.78, 5) is 0. The molecule has 3 heteroatoms. The number of hydrogen-bond acceptors (Lipinski definition) is 1. The van der Waals surface area contributed by atoms with Gasteiger partial charge >= 0.3 is 0 Å². The van der Waals surface area contributed by atoms with Crippen LogP contribution in [-0.4, -0.2) is 11.5 Å². The van der Waals surface area contributed by atoms with E-state index in [1.54, 1.807) is 26.0 Å². The van der Waals surface area contributed by atoms with Crippen molar-refractivity contribution in [1.82, 2.24) is 0 Å². The molecule has 20 heavy (non-hydrogen) atoms. The van der Waals surface area contributed by atoms with Crippen molar-refractivity contribution >= 4 is 0 Å². The van der Waals surface area contributed by atoms with Crippen LogP contribution in [0.1, 0.15) is 58.6 Å². The Balaban J connectivity index is 3.18. The van der Waals surface area contributed by atoms with Crippen molar-refractivity contribution < 1.29 is 13.9 Å². The maximum atomic E-state index is 13.2. The molecule has 114 valence electrons. The molecule has 1 aromatic carbocycles. The fraction of sp³-hybridized carbons (Fsp3) is 0.647. The second-order valence-corrected chi connectivity index (χ2v) is 6.45. The molecule has 1 N–H and O–H groups in total. The van der Waals surface area contributed by atoms with E-state index < -0.39 is 17.9 Å². The van der Waals surface area contributed by atoms with Gasteiger partial charge in [0.25, 0.3) is 0 Å². The van der Waals surface area contributed by atoms with Gasteiger partial charge in [0, 0.05) is 0 Å². The standard InChI is InChI=1S/C17H26F2O/c1-6-14(15(18)19)17(20,7-2)13-10-8-12(9-11-13)16(3,4)5/h8-11,14-15,20H,6-7H2,1-5H3. The van der Waals surface area contributed by atoms with E-state index >= 15 is 0 Å². The molecule has 2 unspecified atom stereocenters. The highest BCUT2D eigenvalue weighted by molar-refractivity contribution is 5.31. The molecule has 1 rings (SSSR count). The molecule has 0 spiro atoms. The Kier molecular flexibility index (Phi) is 5.31. The summed E-state index contributed by atoms with van der Waals surface area (Å²) in [5.41, 5.74) is 0.264. The Morgan fingerprint density at radius 2 is 1.45 bits per heavy atom. The first-order valence-corrected chi connectivity index (χ1v) is 7.28. The molecule has 0 aliphatic carbocycles. The topological polar surface area (TPSA) is 20.2 Å². The molecule has 0 saturated carbocycles. The van der Waals surface area contributed by atoms with E-state index in [9.17, 15) is 13.9 Å². The molecule has 0 saturated heterocycles. The minimum Gasteiger partial charge on any atom is -0.385 e. The molecule has 1 aromatic rings. The predicted molar refractivity (Wildman–Crippen MR) is 79.1 cm³/mol. The third kappa shape index (κ3) is 3.38. The van der Waals surface area contributed by atoms with Gasteiger partial charge < -0.3 is 5.11 Å². The molecule has 0 aliphatic rings. The van der Waals surface area contributed by atoms with Gasteiger partial charge in [-0.2, -0.15) is 0 Å². The molecule has 0 aliphatic heterocycles. The SMILES string of the molecule is CCC(C(F)F)C(O)(CC)c1ccc(C(C)(C)C)cc1. The van der Waals surface area contributed by atoms with Crippen LogP contribution >= 0.6 is 0 Å². The summed E-state index contributed by atoms with van der Waals surface area (Å²) in [6.45, 7) is 9.75. The number of rotatable bonds is 5. The van der Waals surface area contributed by atoms with E-state index in [2.05, 4.69) is 20.8 Å². The molecule has 0 fully saturated rings. The maximum absolute atomic E-state index is 13.2. The van der Waals surface area contributed by atoms with Crippen LogP contribution in [-0.2, 0) is 11.0 Å². The second kappa shape index (κ2) is 6.21. The minimum atomic E-state index is -2.52. The largest absolute Gasteiger partial charge is 0.385 e. The summed E-state index contributed by atoms with van der Waals surface area (Å²) in [5.74, 6) is -1.03. The zero-order chi connectivity index (χ0) is 15.6. The maximum Gasteiger partial charge on any atom is 0.244 e. The van der Waals surface area contributed by atoms with Crippen LogP contribution in [0.5, 0.6) is 0 Å². The van der Waals surface area contributed by atoms with E-state index in [0.29, 0.717) is 5.56 Å². The van der Waals surface area contributed by atoms with Gasteiger partial charge in [0.2, 0.25) is 6.43 Å². The van der Waals surface area contributed by atoms with Crippen LogP contribution in [0, 0.1) is 5.92 Å². The normalized spacial score (nSPS) is 17.1. The number of aliphatic hydroxyl groups is 1. The van der Waals surface area contributed by atoms with E-state index in [4.69, 9.17) is 0 Å². The smallest absolute Gasteiger partial charge is 0.244 e. The monoisotopic (exact) mass is 284 g/mol. The van der Waals surface area contributed by atoms with Crippen LogP contribution < -0.4 is 0 Å². The van der Waals surface area contributed by atoms with Gasteiger partial charge in [-0.05, 0) is 29.4 Å². The Morgan fingerprint density at radius 3 is 1.75 bits per heavy atom. The van der Waals surface area contributed by atoms with Gasteiger partial charge in [0.15, 0.2) is 0 Å². The molecule has 0 heterocycles. The Morgan fingerprint density at radius 1 is 1.00 bits per heavy atom. The molecule has 0 radical (unpaired) electrons. The number of alkyl halides is 2. The highest BCUT2D eigenvalue weighted by atomic mass is 19.3. The van der Waals surface area contributed by atoms with Crippen molar-refractivity contribution in [2.75, 3.05) is 0 Å². The molecule has 0 aromatic heterocycles. The Hall–Kier alpha value is -0.960. The molecule has 2 atom stereocenters. The lowest BCUT2D eigenvalue weighted by Crippen LogP contribution is -2.38. The number of hydrogen-bond donors (Lipinski definition) is 1. The van der Waals surface area contributed by atoms with Crippen molar-refractivity contribution in [3.8, 4) is 0 Å². The van der Waals surface area contributed by atoms with Gasteiger partial charge in [-0.25, -0.2) is 8.78 Å². The average molecular weight is 284 g/mol. The first-order valence-electron chi connectivity index (χ1n) is 7.28. The van der Waals surface area contributed by atoms with Gasteiger partial charge in [-0.1, -0.05) is 58.9 Å². The van der Waals surface area contributed by atoms with Crippen molar-refractivity contribution in [3.63, 3.8) is 0 Å². The molecular formula is C17H26F2O. The fourth-order valence-electron chi connectivity index (χ4n) is 2.66. The number of halogens is 2. The summed E-state index contributed by atoms with van der Waals surface area (Å²) in [7, 11) is 0. The van der Waals surface area contributed by atoms with Gasteiger partial charge in [0.1, 0.15) is 0 Å². The van der Waals surface area contributed by atoms with Gasteiger partial charge in [-0.3, -0.25) is 0 Å². The van der Waals surface area contributed by atoms with Gasteiger partial charge in [0.05, 0.1) is 11.5 Å². The van der Waals surface area contributed by atoms with Crippen molar-refractivity contribution in [2.45, 2.75) is 64.9 Å². The molecular weight excluding hydrogens is 258 g/mol. The Bertz CT molecular complexity index is 420. The lowest BCUT2D eigenvalue weighted by molar-refractivity contribution is -0.0944. The summed E-state index contributed by atoms with van der Waals surface area (Å²) >= 11 is 0. The summed E-state index contributed by atoms with van der Waals surface area (Å²) in [6, 6.07) is 7.42. The Labute approximate surface area is 121 Å². The predicted octanol–water partition coefficient (Wildman–Crippen LogP) is 4.87. The molecule has 1 nitrogen and oxygen atoms in total. The summed E-state index contributed by atoms with van der Waals surface area (Å²) in [6.07, 6.45) is -1.99. The zero-order valence-electron chi connectivity index (χ0n) is 13.1. The van der Waals surface area contributed by atoms with E-state index in [-0.39, 0.29) is 18.3 Å². The van der Waals surface area contributed by atoms with Gasteiger partial charge in [-0.15, -0.1) is 0 Å². The lowest BCUT2D eigenvalue weighted by atomic mass is 9.77. The minimum absolute atomic E-state index is 0.00966. The van der Waals surface area contributed by atoms with Crippen molar-refractivity contribution in [1.29, 1.82) is 0 Å². The molecule has 0 amide bonds. The first-order chi connectivity index (χ1) is 9.16. The zero-order valence-corrected chi connectivity index (χ0v) is 13.1. The number of benzene rings is 1. The highest BCUT2D eigenvalue weighted by Crippen LogP contribution is 2.39. The van der Waals surface area contributed by atoms with Crippen LogP contribution in [0.2, 0.25) is 0 Å². The lowest BCUT2D eigenvalue weighted by Gasteiger charge is -2.35. The van der Waals surface area contributed by atoms with Crippen molar-refractivity contribution in [2.24, 2.45) is 5.92 Å². The van der Waals surface area contributed by atoms with Crippen LogP contribution in [0.15, 0.2) is 24.3 Å². The van der Waals surface area contributed by atoms with Crippen LogP contribution in [0.25, 0.3) is 0 Å². The molecule has 0 bridgehead atoms. The fourth-order valence-corrected chi connectivity index (χ4v) is 2.66. The quantitative estimate of drug-likeness (QED) is 0.817. The second-order valence-electron chi connectivity index (χ2n) is 6.45. The van der Waals surface area contributed by atoms with Crippen molar-refractivity contribution in [3.05, 3.63) is 35.4 Å². The van der Waals surface area contributed by atoms with Crippen LogP contribution in [0.4, 0.5) is 8.78 Å². The third-order valence-electron chi connectivity index (χ3n) is 4.15. The summed E-state index contributed by atoms with van der Waals surface area (Å²) in [5, 5.41) is 10.7. The van der Waals surface area contributed by atoms with E-state index in [1.165, 1.54) is 0 Å². The van der Waals surface area contributed by atoms with E-state index in [0.717, 1.165) is 5.56 Å². The first kappa shape index (κ1) is 17.1. The third-order valence-corrected chi connectivity index (χ3v) is 4.15. The average Bonchev–Trinajstić information content (AvgIpc) is 2.38.